The second-order valence-electron chi connectivity index (χ2n) is 2.70. The van der Waals surface area contributed by atoms with E-state index in [1.165, 1.54) is 0 Å². The quantitative estimate of drug-likeness (QED) is 0.532. The van der Waals surface area contributed by atoms with Gasteiger partial charge in [-0.15, -0.1) is 0 Å². The van der Waals surface area contributed by atoms with E-state index in [9.17, 15) is 0 Å². The van der Waals surface area contributed by atoms with E-state index in [1.807, 2.05) is 12.2 Å². The van der Waals surface area contributed by atoms with Crippen LogP contribution in [0.15, 0.2) is 23.5 Å². The van der Waals surface area contributed by atoms with Gasteiger partial charge in [0.25, 0.3) is 0 Å². The van der Waals surface area contributed by atoms with E-state index < -0.39 is 0 Å². The molecule has 11 heavy (non-hydrogen) atoms. The van der Waals surface area contributed by atoms with Gasteiger partial charge in [0.05, 0.1) is 12.6 Å². The minimum atomic E-state index is 0.773. The van der Waals surface area contributed by atoms with Gasteiger partial charge in [-0.25, -0.2) is 0 Å². The lowest BCUT2D eigenvalue weighted by Gasteiger charge is -2.20. The van der Waals surface area contributed by atoms with E-state index >= 15 is 0 Å². The Hall–Kier alpha value is -1.43. The largest absolute Gasteiger partial charge is 0.370 e. The number of fused-ring (bicyclic) bond motifs is 1. The van der Waals surface area contributed by atoms with Crippen LogP contribution in [-0.4, -0.2) is 24.5 Å². The normalized spacial score (nSPS) is 21.2. The van der Waals surface area contributed by atoms with Crippen molar-refractivity contribution >= 4 is 0 Å². The highest BCUT2D eigenvalue weighted by atomic mass is 15.3. The zero-order valence-electron chi connectivity index (χ0n) is 6.17. The number of hydrogen-bond acceptors (Lipinski definition) is 3. The molecule has 0 saturated carbocycles. The Kier molecular flexibility index (Phi) is 1.32. The van der Waals surface area contributed by atoms with Crippen molar-refractivity contribution in [2.75, 3.05) is 19.6 Å². The monoisotopic (exact) mass is 147 g/mol. The molecule has 2 aliphatic rings. The number of hydrogen-bond donors (Lipinski definition) is 1. The van der Waals surface area contributed by atoms with Gasteiger partial charge in [-0.05, 0) is 12.2 Å². The van der Waals surface area contributed by atoms with Gasteiger partial charge >= 0.3 is 0 Å². The molecule has 0 atom stereocenters. The molecule has 0 aromatic heterocycles. The van der Waals surface area contributed by atoms with Crippen molar-refractivity contribution in [1.82, 2.24) is 10.2 Å². The SMILES string of the molecule is N#CC1=CC=C2NCCN2C1. The minimum Gasteiger partial charge on any atom is -0.370 e. The maximum atomic E-state index is 8.62. The lowest BCUT2D eigenvalue weighted by Crippen LogP contribution is -2.24. The van der Waals surface area contributed by atoms with E-state index in [-0.39, 0.29) is 0 Å². The summed E-state index contributed by atoms with van der Waals surface area (Å²) in [6.07, 6.45) is 3.85. The molecule has 3 heteroatoms. The van der Waals surface area contributed by atoms with Crippen molar-refractivity contribution in [3.05, 3.63) is 23.5 Å². The van der Waals surface area contributed by atoms with Gasteiger partial charge in [-0.3, -0.25) is 0 Å². The molecule has 3 nitrogen and oxygen atoms in total. The molecule has 0 spiro atoms. The van der Waals surface area contributed by atoms with Crippen LogP contribution in [0.1, 0.15) is 0 Å². The van der Waals surface area contributed by atoms with Gasteiger partial charge in [-0.2, -0.15) is 5.26 Å². The van der Waals surface area contributed by atoms with Gasteiger partial charge in [0, 0.05) is 18.7 Å². The van der Waals surface area contributed by atoms with Gasteiger partial charge in [0.2, 0.25) is 0 Å². The predicted molar refractivity (Wildman–Crippen MR) is 41.4 cm³/mol. The molecule has 1 N–H and O–H groups in total. The third-order valence-corrected chi connectivity index (χ3v) is 1.98. The molecular formula is C8H9N3. The fourth-order valence-electron chi connectivity index (χ4n) is 1.39. The van der Waals surface area contributed by atoms with Crippen molar-refractivity contribution in [1.29, 1.82) is 5.26 Å². The summed E-state index contributed by atoms with van der Waals surface area (Å²) < 4.78 is 0. The third kappa shape index (κ3) is 0.966. The van der Waals surface area contributed by atoms with E-state index in [0.717, 1.165) is 31.0 Å². The predicted octanol–water partition coefficient (Wildman–Crippen LogP) is 0.197. The van der Waals surface area contributed by atoms with Crippen molar-refractivity contribution < 1.29 is 0 Å². The molecule has 2 aliphatic heterocycles. The second kappa shape index (κ2) is 2.31. The first-order valence-electron chi connectivity index (χ1n) is 3.70. The molecular weight excluding hydrogens is 138 g/mol. The Labute approximate surface area is 65.6 Å². The zero-order chi connectivity index (χ0) is 7.68. The Bertz CT molecular complexity index is 270. The highest BCUT2D eigenvalue weighted by Crippen LogP contribution is 2.14. The summed E-state index contributed by atoms with van der Waals surface area (Å²) in [5.41, 5.74) is 0.845. The second-order valence-corrected chi connectivity index (χ2v) is 2.70. The smallest absolute Gasteiger partial charge is 0.102 e. The maximum absolute atomic E-state index is 8.62. The average molecular weight is 147 g/mol. The number of nitrogens with one attached hydrogen (secondary N) is 1. The Morgan fingerprint density at radius 2 is 2.45 bits per heavy atom. The van der Waals surface area contributed by atoms with E-state index in [2.05, 4.69) is 16.3 Å². The van der Waals surface area contributed by atoms with Crippen molar-refractivity contribution in [2.24, 2.45) is 0 Å². The standard InChI is InChI=1S/C8H9N3/c9-5-7-1-2-8-10-3-4-11(8)6-7/h1-2,10H,3-4,6H2. The molecule has 0 aliphatic carbocycles. The molecule has 2 heterocycles. The topological polar surface area (TPSA) is 39.1 Å². The Morgan fingerprint density at radius 3 is 3.27 bits per heavy atom. The van der Waals surface area contributed by atoms with E-state index in [0.29, 0.717) is 0 Å². The van der Waals surface area contributed by atoms with Crippen LogP contribution in [0.5, 0.6) is 0 Å². The third-order valence-electron chi connectivity index (χ3n) is 1.98. The van der Waals surface area contributed by atoms with Crippen LogP contribution in [0.2, 0.25) is 0 Å². The van der Waals surface area contributed by atoms with Crippen LogP contribution < -0.4 is 5.32 Å². The number of nitrogens with zero attached hydrogens (tertiary/aromatic N) is 2. The molecule has 0 bridgehead atoms. The fourth-order valence-corrected chi connectivity index (χ4v) is 1.39. The van der Waals surface area contributed by atoms with Crippen LogP contribution in [0.25, 0.3) is 0 Å². The van der Waals surface area contributed by atoms with Crippen molar-refractivity contribution in [3.63, 3.8) is 0 Å². The van der Waals surface area contributed by atoms with E-state index in [1.54, 1.807) is 0 Å². The maximum Gasteiger partial charge on any atom is 0.102 e. The first-order chi connectivity index (χ1) is 5.40. The summed E-state index contributed by atoms with van der Waals surface area (Å²) in [6.45, 7) is 2.79. The lowest BCUT2D eigenvalue weighted by molar-refractivity contribution is 0.428. The van der Waals surface area contributed by atoms with Crippen molar-refractivity contribution in [3.8, 4) is 6.07 Å². The number of allylic oxidation sites excluding steroid dienone is 2. The van der Waals surface area contributed by atoms with Crippen LogP contribution in [-0.2, 0) is 0 Å². The molecule has 56 valence electrons. The van der Waals surface area contributed by atoms with Gasteiger partial charge in [0.15, 0.2) is 0 Å². The first-order valence-corrected chi connectivity index (χ1v) is 3.70. The first kappa shape index (κ1) is 6.29. The van der Waals surface area contributed by atoms with Crippen LogP contribution >= 0.6 is 0 Å². The van der Waals surface area contributed by atoms with Crippen LogP contribution in [0, 0.1) is 11.3 Å². The lowest BCUT2D eigenvalue weighted by atomic mass is 10.2. The minimum absolute atomic E-state index is 0.773. The summed E-state index contributed by atoms with van der Waals surface area (Å²) in [5.74, 6) is 1.16. The number of nitriles is 1. The molecule has 0 aromatic rings. The highest BCUT2D eigenvalue weighted by molar-refractivity contribution is 5.33. The molecule has 1 saturated heterocycles. The summed E-state index contributed by atoms with van der Waals surface area (Å²) in [5, 5.41) is 11.9. The van der Waals surface area contributed by atoms with Gasteiger partial charge in [0.1, 0.15) is 5.82 Å². The van der Waals surface area contributed by atoms with Gasteiger partial charge < -0.3 is 10.2 Å². The molecule has 1 fully saturated rings. The van der Waals surface area contributed by atoms with Crippen LogP contribution in [0.4, 0.5) is 0 Å². The molecule has 0 aromatic carbocycles. The fraction of sp³-hybridized carbons (Fsp3) is 0.375. The molecule has 0 amide bonds. The van der Waals surface area contributed by atoms with Gasteiger partial charge in [-0.1, -0.05) is 0 Å². The summed E-state index contributed by atoms with van der Waals surface area (Å²) in [6, 6.07) is 2.16. The van der Waals surface area contributed by atoms with Crippen molar-refractivity contribution in [2.45, 2.75) is 0 Å². The zero-order valence-corrected chi connectivity index (χ0v) is 6.17. The molecule has 0 radical (unpaired) electrons. The summed E-state index contributed by atoms with van der Waals surface area (Å²) in [4.78, 5) is 2.18. The summed E-state index contributed by atoms with van der Waals surface area (Å²) >= 11 is 0. The summed E-state index contributed by atoms with van der Waals surface area (Å²) in [7, 11) is 0. The van der Waals surface area contributed by atoms with E-state index in [4.69, 9.17) is 5.26 Å². The average Bonchev–Trinajstić information content (AvgIpc) is 2.50. The Morgan fingerprint density at radius 1 is 1.55 bits per heavy atom. The van der Waals surface area contributed by atoms with Crippen LogP contribution in [0.3, 0.4) is 0 Å². The molecule has 0 unspecified atom stereocenters. The Balaban J connectivity index is 2.23. The number of rotatable bonds is 0. The molecule has 2 rings (SSSR count). The highest BCUT2D eigenvalue weighted by Gasteiger charge is 2.19.